The van der Waals surface area contributed by atoms with Crippen LogP contribution in [0.4, 0.5) is 8.78 Å². The molecule has 0 aliphatic carbocycles. The van der Waals surface area contributed by atoms with E-state index in [1.807, 2.05) is 0 Å². The molecule has 3 nitrogen and oxygen atoms in total. The molecule has 6 heteroatoms. The summed E-state index contributed by atoms with van der Waals surface area (Å²) in [7, 11) is 0. The Labute approximate surface area is 77.5 Å². The minimum absolute atomic E-state index is 0.0133. The van der Waals surface area contributed by atoms with E-state index in [4.69, 9.17) is 16.9 Å². The van der Waals surface area contributed by atoms with E-state index in [1.54, 1.807) is 6.07 Å². The van der Waals surface area contributed by atoms with E-state index in [2.05, 4.69) is 9.72 Å². The highest BCUT2D eigenvalue weighted by molar-refractivity contribution is 6.31. The summed E-state index contributed by atoms with van der Waals surface area (Å²) >= 11 is 5.50. The number of aromatic nitrogens is 1. The summed E-state index contributed by atoms with van der Waals surface area (Å²) in [4.78, 5) is 3.50. The van der Waals surface area contributed by atoms with Gasteiger partial charge in [-0.15, -0.1) is 0 Å². The first-order valence-corrected chi connectivity index (χ1v) is 3.51. The van der Waals surface area contributed by atoms with E-state index in [0.29, 0.717) is 0 Å². The van der Waals surface area contributed by atoms with Gasteiger partial charge in [-0.2, -0.15) is 14.0 Å². The molecule has 0 fully saturated rings. The summed E-state index contributed by atoms with van der Waals surface area (Å²) < 4.78 is 27.5. The van der Waals surface area contributed by atoms with Crippen molar-refractivity contribution in [2.24, 2.45) is 0 Å². The fourth-order valence-electron chi connectivity index (χ4n) is 0.711. The van der Waals surface area contributed by atoms with Crippen molar-refractivity contribution in [2.45, 2.75) is 6.61 Å². The Morgan fingerprint density at radius 2 is 2.23 bits per heavy atom. The zero-order valence-corrected chi connectivity index (χ0v) is 6.92. The van der Waals surface area contributed by atoms with Crippen LogP contribution in [0.2, 0.25) is 5.02 Å². The van der Waals surface area contributed by atoms with E-state index in [-0.39, 0.29) is 16.3 Å². The Bertz CT molecular complexity index is 351. The number of halogens is 3. The average molecular weight is 205 g/mol. The van der Waals surface area contributed by atoms with E-state index < -0.39 is 6.61 Å². The molecule has 0 saturated carbocycles. The maximum absolute atomic E-state index is 11.8. The highest BCUT2D eigenvalue weighted by Gasteiger charge is 2.12. The minimum Gasteiger partial charge on any atom is -0.432 e. The van der Waals surface area contributed by atoms with Crippen molar-refractivity contribution in [1.29, 1.82) is 5.26 Å². The molecule has 0 N–H and O–H groups in total. The Kier molecular flexibility index (Phi) is 2.98. The monoisotopic (exact) mass is 204 g/mol. The van der Waals surface area contributed by atoms with Crippen LogP contribution in [0.5, 0.6) is 5.75 Å². The van der Waals surface area contributed by atoms with Gasteiger partial charge in [0.2, 0.25) is 0 Å². The third kappa shape index (κ3) is 2.26. The van der Waals surface area contributed by atoms with Crippen molar-refractivity contribution >= 4 is 11.6 Å². The first-order valence-electron chi connectivity index (χ1n) is 3.13. The van der Waals surface area contributed by atoms with Gasteiger partial charge < -0.3 is 4.74 Å². The third-order valence-corrected chi connectivity index (χ3v) is 1.48. The molecule has 0 amide bonds. The first kappa shape index (κ1) is 9.68. The molecule has 0 radical (unpaired) electrons. The first-order chi connectivity index (χ1) is 6.15. The number of pyridine rings is 1. The quantitative estimate of drug-likeness (QED) is 0.742. The highest BCUT2D eigenvalue weighted by atomic mass is 35.5. The molecule has 1 aromatic heterocycles. The van der Waals surface area contributed by atoms with Gasteiger partial charge >= 0.3 is 6.61 Å². The topological polar surface area (TPSA) is 45.9 Å². The molecule has 0 saturated heterocycles. The number of nitriles is 1. The molecule has 0 aromatic carbocycles. The molecule has 0 spiro atoms. The van der Waals surface area contributed by atoms with Crippen molar-refractivity contribution in [3.8, 4) is 11.8 Å². The Balaban J connectivity index is 3.07. The van der Waals surface area contributed by atoms with Gasteiger partial charge in [-0.1, -0.05) is 11.6 Å². The van der Waals surface area contributed by atoms with Crippen molar-refractivity contribution < 1.29 is 13.5 Å². The summed E-state index contributed by atoms with van der Waals surface area (Å²) in [6.45, 7) is -2.99. The van der Waals surface area contributed by atoms with E-state index in [1.165, 1.54) is 6.20 Å². The minimum atomic E-state index is -2.99. The molecule has 0 aliphatic rings. The largest absolute Gasteiger partial charge is 0.432 e. The summed E-state index contributed by atoms with van der Waals surface area (Å²) in [5.41, 5.74) is -0.142. The van der Waals surface area contributed by atoms with Crippen LogP contribution < -0.4 is 4.74 Å². The summed E-state index contributed by atoms with van der Waals surface area (Å²) in [6.07, 6.45) is 2.19. The predicted molar refractivity (Wildman–Crippen MR) is 40.6 cm³/mol. The van der Waals surface area contributed by atoms with Gasteiger partial charge in [0.1, 0.15) is 11.6 Å². The van der Waals surface area contributed by atoms with Gasteiger partial charge in [-0.25, -0.2) is 0 Å². The van der Waals surface area contributed by atoms with E-state index in [0.717, 1.165) is 6.20 Å². The van der Waals surface area contributed by atoms with Crippen molar-refractivity contribution in [1.82, 2.24) is 4.98 Å². The molecular formula is C7H3ClF2N2O. The maximum Gasteiger partial charge on any atom is 0.387 e. The van der Waals surface area contributed by atoms with E-state index >= 15 is 0 Å². The number of hydrogen-bond donors (Lipinski definition) is 0. The lowest BCUT2D eigenvalue weighted by atomic mass is 10.3. The molecule has 0 atom stereocenters. The van der Waals surface area contributed by atoms with Crippen molar-refractivity contribution in [3.63, 3.8) is 0 Å². The summed E-state index contributed by atoms with van der Waals surface area (Å²) in [5.74, 6) is -0.315. The van der Waals surface area contributed by atoms with Gasteiger partial charge in [-0.3, -0.25) is 4.98 Å². The standard InChI is InChI=1S/C7H3ClF2N2O/c8-5-2-12-3-6(4(5)1-11)13-7(9)10/h2-3,7H. The second-order valence-corrected chi connectivity index (χ2v) is 2.39. The average Bonchev–Trinajstić information content (AvgIpc) is 2.03. The van der Waals surface area contributed by atoms with Gasteiger partial charge in [0.25, 0.3) is 0 Å². The van der Waals surface area contributed by atoms with Crippen LogP contribution in [0.15, 0.2) is 12.4 Å². The fraction of sp³-hybridized carbons (Fsp3) is 0.143. The number of hydrogen-bond acceptors (Lipinski definition) is 3. The lowest BCUT2D eigenvalue weighted by Crippen LogP contribution is -2.04. The molecule has 0 aliphatic heterocycles. The molecule has 13 heavy (non-hydrogen) atoms. The maximum atomic E-state index is 11.8. The van der Waals surface area contributed by atoms with Crippen molar-refractivity contribution in [2.75, 3.05) is 0 Å². The fourth-order valence-corrected chi connectivity index (χ4v) is 0.903. The van der Waals surface area contributed by atoms with E-state index in [9.17, 15) is 8.78 Å². The second kappa shape index (κ2) is 4.01. The van der Waals surface area contributed by atoms with Gasteiger partial charge in [0.05, 0.1) is 11.2 Å². The van der Waals surface area contributed by atoms with Crippen LogP contribution >= 0.6 is 11.6 Å². The molecule has 68 valence electrons. The van der Waals surface area contributed by atoms with Gasteiger partial charge in [0.15, 0.2) is 5.75 Å². The summed E-state index contributed by atoms with van der Waals surface area (Å²) in [6, 6.07) is 1.64. The summed E-state index contributed by atoms with van der Waals surface area (Å²) in [5, 5.41) is 8.51. The third-order valence-electron chi connectivity index (χ3n) is 1.19. The SMILES string of the molecule is N#Cc1c(Cl)cncc1OC(F)F. The Morgan fingerprint density at radius 3 is 2.77 bits per heavy atom. The van der Waals surface area contributed by atoms with Crippen LogP contribution in [0, 0.1) is 11.3 Å². The molecule has 0 unspecified atom stereocenters. The smallest absolute Gasteiger partial charge is 0.387 e. The zero-order valence-electron chi connectivity index (χ0n) is 6.17. The molecule has 1 rings (SSSR count). The molecule has 0 bridgehead atoms. The number of ether oxygens (including phenoxy) is 1. The van der Waals surface area contributed by atoms with Gasteiger partial charge in [-0.05, 0) is 0 Å². The Morgan fingerprint density at radius 1 is 1.54 bits per heavy atom. The van der Waals surface area contributed by atoms with Crippen LogP contribution in [0.3, 0.4) is 0 Å². The van der Waals surface area contributed by atoms with Crippen LogP contribution in [0.25, 0.3) is 0 Å². The zero-order chi connectivity index (χ0) is 9.84. The van der Waals surface area contributed by atoms with Crippen LogP contribution in [-0.4, -0.2) is 11.6 Å². The molecule has 1 aromatic rings. The Hall–Kier alpha value is -1.41. The van der Waals surface area contributed by atoms with Crippen molar-refractivity contribution in [3.05, 3.63) is 23.0 Å². The molecular weight excluding hydrogens is 202 g/mol. The number of alkyl halides is 2. The number of nitrogens with zero attached hydrogens (tertiary/aromatic N) is 2. The van der Waals surface area contributed by atoms with Gasteiger partial charge in [0, 0.05) is 6.20 Å². The van der Waals surface area contributed by atoms with Crippen LogP contribution in [0.1, 0.15) is 5.56 Å². The lowest BCUT2D eigenvalue weighted by Gasteiger charge is -2.05. The highest BCUT2D eigenvalue weighted by Crippen LogP contribution is 2.24. The number of rotatable bonds is 2. The molecule has 1 heterocycles. The van der Waals surface area contributed by atoms with Crippen LogP contribution in [-0.2, 0) is 0 Å². The predicted octanol–water partition coefficient (Wildman–Crippen LogP) is 2.21. The lowest BCUT2D eigenvalue weighted by molar-refractivity contribution is -0.0502. The normalized spacial score (nSPS) is 9.77. The second-order valence-electron chi connectivity index (χ2n) is 1.98.